The third-order valence-corrected chi connectivity index (χ3v) is 1.60. The normalized spacial score (nSPS) is 9.33. The highest BCUT2D eigenvalue weighted by atomic mass is 16.6. The fraction of sp³-hybridized carbons (Fsp3) is 0.200. The van der Waals surface area contributed by atoms with Gasteiger partial charge < -0.3 is 15.2 Å². The topological polar surface area (TPSA) is 75.6 Å². The minimum absolute atomic E-state index is 0.131. The van der Waals surface area contributed by atoms with Crippen molar-refractivity contribution >= 4 is 12.1 Å². The summed E-state index contributed by atoms with van der Waals surface area (Å²) in [5.74, 6) is -1.10. The summed E-state index contributed by atoms with van der Waals surface area (Å²) in [5, 5.41) is 10.4. The van der Waals surface area contributed by atoms with Crippen LogP contribution in [-0.4, -0.2) is 23.7 Å². The maximum atomic E-state index is 10.9. The van der Waals surface area contributed by atoms with Crippen LogP contribution in [0.15, 0.2) is 30.3 Å². The summed E-state index contributed by atoms with van der Waals surface area (Å²) in [6.07, 6.45) is -0.735. The third-order valence-electron chi connectivity index (χ3n) is 1.60. The van der Waals surface area contributed by atoms with Crippen molar-refractivity contribution in [3.05, 3.63) is 35.9 Å². The molecule has 0 spiro atoms. The van der Waals surface area contributed by atoms with Crippen LogP contribution in [0.5, 0.6) is 0 Å². The van der Waals surface area contributed by atoms with Gasteiger partial charge in [0, 0.05) is 0 Å². The molecule has 0 saturated heterocycles. The molecule has 1 aromatic rings. The SMILES string of the molecule is O=C([15NH][13CH2][13C](=O)O)OCc1ccccc1. The number of aliphatic carboxylic acids is 1. The summed E-state index contributed by atoms with van der Waals surface area (Å²) in [6, 6.07) is 9.13. The Hall–Kier alpha value is -2.04. The number of carbonyl (C=O) groups excluding carboxylic acids is 1. The first-order chi connectivity index (χ1) is 7.18. The molecule has 5 nitrogen and oxygen atoms in total. The van der Waals surface area contributed by atoms with Gasteiger partial charge in [-0.15, -0.1) is 0 Å². The molecule has 0 aliphatic carbocycles. The molecule has 0 saturated carbocycles. The molecule has 0 atom stereocenters. The van der Waals surface area contributed by atoms with Crippen molar-refractivity contribution < 1.29 is 19.4 Å². The summed E-state index contributed by atoms with van der Waals surface area (Å²) in [5.41, 5.74) is 0.850. The van der Waals surface area contributed by atoms with Crippen LogP contribution in [0.3, 0.4) is 0 Å². The van der Waals surface area contributed by atoms with Gasteiger partial charge in [-0.1, -0.05) is 30.3 Å². The molecular formula is C10H11NO4. The summed E-state index contributed by atoms with van der Waals surface area (Å²) >= 11 is 0. The zero-order valence-electron chi connectivity index (χ0n) is 7.97. The van der Waals surface area contributed by atoms with E-state index < -0.39 is 18.6 Å². The van der Waals surface area contributed by atoms with E-state index in [0.717, 1.165) is 5.56 Å². The van der Waals surface area contributed by atoms with Crippen LogP contribution < -0.4 is 5.32 Å². The van der Waals surface area contributed by atoms with Crippen LogP contribution in [0.1, 0.15) is 5.56 Å². The van der Waals surface area contributed by atoms with Crippen molar-refractivity contribution in [3.63, 3.8) is 0 Å². The average molecular weight is 212 g/mol. The molecule has 1 amide bonds. The third kappa shape index (κ3) is 4.66. The molecule has 80 valence electrons. The molecule has 0 aromatic heterocycles. The van der Waals surface area contributed by atoms with Gasteiger partial charge in [0.15, 0.2) is 0 Å². The van der Waals surface area contributed by atoms with Crippen LogP contribution >= 0.6 is 0 Å². The van der Waals surface area contributed by atoms with Crippen LogP contribution in [0.2, 0.25) is 0 Å². The second kappa shape index (κ2) is 5.64. The summed E-state index contributed by atoms with van der Waals surface area (Å²) < 4.78 is 4.77. The zero-order chi connectivity index (χ0) is 11.1. The number of benzene rings is 1. The van der Waals surface area contributed by atoms with Crippen LogP contribution in [0, 0.1) is 0 Å². The fourth-order valence-corrected chi connectivity index (χ4v) is 0.922. The van der Waals surface area contributed by atoms with E-state index in [-0.39, 0.29) is 6.61 Å². The summed E-state index contributed by atoms with van der Waals surface area (Å²) in [4.78, 5) is 21.0. The Morgan fingerprint density at radius 1 is 1.27 bits per heavy atom. The van der Waals surface area contributed by atoms with E-state index in [0.29, 0.717) is 0 Å². The van der Waals surface area contributed by atoms with Gasteiger partial charge in [-0.25, -0.2) is 4.79 Å². The molecule has 0 heterocycles. The first-order valence-electron chi connectivity index (χ1n) is 4.35. The van der Waals surface area contributed by atoms with Crippen LogP contribution in [0.4, 0.5) is 4.79 Å². The van der Waals surface area contributed by atoms with Crippen molar-refractivity contribution in [2.75, 3.05) is 6.54 Å². The number of amides is 1. The molecule has 0 aliphatic heterocycles. The Morgan fingerprint density at radius 2 is 1.93 bits per heavy atom. The lowest BCUT2D eigenvalue weighted by atomic mass is 10.2. The predicted octanol–water partition coefficient (Wildman–Crippen LogP) is 0.997. The molecule has 1 aromatic carbocycles. The van der Waals surface area contributed by atoms with Crippen molar-refractivity contribution in [1.29, 1.82) is 0 Å². The minimum Gasteiger partial charge on any atom is -0.480 e. The first kappa shape index (κ1) is 11.0. The van der Waals surface area contributed by atoms with Gasteiger partial charge in [-0.2, -0.15) is 0 Å². The standard InChI is InChI=1S/C10H11NO4/c12-9(13)6-11-10(14)15-7-8-4-2-1-3-5-8/h1-5H,6-7H2,(H,11,14)(H,12,13)/i6+1,9+1,11+1. The predicted molar refractivity (Wildman–Crippen MR) is 52.3 cm³/mol. The Kier molecular flexibility index (Phi) is 4.15. The molecule has 5 heteroatoms. The highest BCUT2D eigenvalue weighted by Gasteiger charge is 2.04. The maximum Gasteiger partial charge on any atom is 0.407 e. The summed E-state index contributed by atoms with van der Waals surface area (Å²) in [6.45, 7) is -0.306. The minimum atomic E-state index is -1.10. The van der Waals surface area contributed by atoms with Gasteiger partial charge >= 0.3 is 12.1 Å². The Balaban J connectivity index is 2.26. The van der Waals surface area contributed by atoms with Crippen molar-refractivity contribution in [1.82, 2.24) is 5.32 Å². The number of carbonyl (C=O) groups is 2. The molecule has 0 unspecified atom stereocenters. The van der Waals surface area contributed by atoms with Gasteiger partial charge in [0.2, 0.25) is 0 Å². The second-order valence-electron chi connectivity index (χ2n) is 2.81. The molecule has 1 rings (SSSR count). The van der Waals surface area contributed by atoms with Crippen LogP contribution in [-0.2, 0) is 16.1 Å². The van der Waals surface area contributed by atoms with E-state index >= 15 is 0 Å². The van der Waals surface area contributed by atoms with E-state index in [1.807, 2.05) is 30.3 Å². The highest BCUT2D eigenvalue weighted by Crippen LogP contribution is 2.00. The van der Waals surface area contributed by atoms with Gasteiger partial charge in [0.25, 0.3) is 0 Å². The van der Waals surface area contributed by atoms with Gasteiger partial charge in [-0.05, 0) is 5.56 Å². The summed E-state index contributed by atoms with van der Waals surface area (Å²) in [7, 11) is 0. The Labute approximate surface area is 86.7 Å². The molecule has 2 N–H and O–H groups in total. The quantitative estimate of drug-likeness (QED) is 0.576. The van der Waals surface area contributed by atoms with E-state index in [1.165, 1.54) is 0 Å². The smallest absolute Gasteiger partial charge is 0.407 e. The number of hydrogen-bond acceptors (Lipinski definition) is 3. The fourth-order valence-electron chi connectivity index (χ4n) is 0.922. The number of nitrogens with one attached hydrogen (secondary N) is 1. The Morgan fingerprint density at radius 3 is 2.53 bits per heavy atom. The monoisotopic (exact) mass is 212 g/mol. The number of hydrogen-bond donors (Lipinski definition) is 2. The molecule has 0 aliphatic rings. The lowest BCUT2D eigenvalue weighted by Crippen LogP contribution is -2.29. The van der Waals surface area contributed by atoms with E-state index in [9.17, 15) is 9.59 Å². The van der Waals surface area contributed by atoms with Gasteiger partial charge in [0.05, 0.1) is 0 Å². The van der Waals surface area contributed by atoms with E-state index in [1.54, 1.807) is 0 Å². The van der Waals surface area contributed by atoms with Gasteiger partial charge in [-0.3, -0.25) is 4.79 Å². The van der Waals surface area contributed by atoms with Crippen molar-refractivity contribution in [2.24, 2.45) is 0 Å². The molecule has 0 bridgehead atoms. The van der Waals surface area contributed by atoms with E-state index in [2.05, 4.69) is 5.32 Å². The first-order valence-corrected chi connectivity index (χ1v) is 4.35. The average Bonchev–Trinajstić information content (AvgIpc) is 2.25. The van der Waals surface area contributed by atoms with Crippen molar-refractivity contribution in [3.8, 4) is 0 Å². The Bertz CT molecular complexity index is 337. The number of carboxylic acids is 1. The number of rotatable bonds is 4. The zero-order valence-corrected chi connectivity index (χ0v) is 7.97. The maximum absolute atomic E-state index is 10.9. The molecule has 15 heavy (non-hydrogen) atoms. The molecule has 0 fully saturated rings. The molecular weight excluding hydrogens is 201 g/mol. The lowest BCUT2D eigenvalue weighted by molar-refractivity contribution is -0.135. The number of alkyl carbamates (subject to hydrolysis) is 1. The number of ether oxygens (including phenoxy) is 1. The largest absolute Gasteiger partial charge is 0.480 e. The number of carboxylic acid groups (broad SMARTS) is 1. The van der Waals surface area contributed by atoms with E-state index in [4.69, 9.17) is 9.84 Å². The molecule has 0 radical (unpaired) electrons. The van der Waals surface area contributed by atoms with Crippen molar-refractivity contribution in [2.45, 2.75) is 6.61 Å². The van der Waals surface area contributed by atoms with Crippen LogP contribution in [0.25, 0.3) is 0 Å². The second-order valence-corrected chi connectivity index (χ2v) is 2.81. The lowest BCUT2D eigenvalue weighted by Gasteiger charge is -2.04. The highest BCUT2D eigenvalue weighted by molar-refractivity contribution is 5.76. The van der Waals surface area contributed by atoms with Gasteiger partial charge in [0.1, 0.15) is 13.2 Å².